The Morgan fingerprint density at radius 3 is 2.90 bits per heavy atom. The number of rotatable bonds is 4. The fourth-order valence-electron chi connectivity index (χ4n) is 2.76. The standard InChI is InChI=1S/C14H17N3O3S/c15-21(18,19)17-14-9-20-8-11(14)7-10-5-6-16-13-4-2-1-3-12(10)13/h1-6,11,14,17H,7-9H2,(H2,15,18,19)/t11-,14-/m1/s1. The first-order chi connectivity index (χ1) is 10.0. The molecule has 3 N–H and O–H groups in total. The van der Waals surface area contributed by atoms with E-state index in [0.29, 0.717) is 13.2 Å². The second-order valence-corrected chi connectivity index (χ2v) is 6.58. The highest BCUT2D eigenvalue weighted by atomic mass is 32.2. The van der Waals surface area contributed by atoms with Crippen molar-refractivity contribution in [3.8, 4) is 0 Å². The van der Waals surface area contributed by atoms with Gasteiger partial charge in [0.05, 0.1) is 24.8 Å². The lowest BCUT2D eigenvalue weighted by Gasteiger charge is -2.18. The Morgan fingerprint density at radius 2 is 2.10 bits per heavy atom. The van der Waals surface area contributed by atoms with Gasteiger partial charge < -0.3 is 4.74 Å². The summed E-state index contributed by atoms with van der Waals surface area (Å²) in [5, 5.41) is 6.14. The van der Waals surface area contributed by atoms with E-state index in [2.05, 4.69) is 9.71 Å². The number of nitrogens with two attached hydrogens (primary N) is 1. The zero-order chi connectivity index (χ0) is 14.9. The lowest BCUT2D eigenvalue weighted by molar-refractivity contribution is 0.183. The van der Waals surface area contributed by atoms with Crippen LogP contribution >= 0.6 is 0 Å². The van der Waals surface area contributed by atoms with Gasteiger partial charge in [-0.05, 0) is 24.1 Å². The maximum Gasteiger partial charge on any atom is 0.274 e. The molecule has 21 heavy (non-hydrogen) atoms. The van der Waals surface area contributed by atoms with Crippen molar-refractivity contribution in [1.82, 2.24) is 9.71 Å². The van der Waals surface area contributed by atoms with E-state index in [0.717, 1.165) is 22.9 Å². The molecule has 0 aliphatic carbocycles. The molecule has 1 fully saturated rings. The Hall–Kier alpha value is -1.54. The minimum absolute atomic E-state index is 0.0640. The molecule has 0 saturated carbocycles. The van der Waals surface area contributed by atoms with Gasteiger partial charge in [0.1, 0.15) is 0 Å². The van der Waals surface area contributed by atoms with Crippen molar-refractivity contribution in [2.75, 3.05) is 13.2 Å². The van der Waals surface area contributed by atoms with E-state index in [1.54, 1.807) is 6.20 Å². The lowest BCUT2D eigenvalue weighted by atomic mass is 9.93. The highest BCUT2D eigenvalue weighted by Crippen LogP contribution is 2.24. The maximum absolute atomic E-state index is 11.2. The van der Waals surface area contributed by atoms with Crippen molar-refractivity contribution in [3.63, 3.8) is 0 Å². The van der Waals surface area contributed by atoms with Crippen molar-refractivity contribution in [3.05, 3.63) is 42.1 Å². The Labute approximate surface area is 123 Å². The second kappa shape index (κ2) is 5.69. The van der Waals surface area contributed by atoms with Crippen LogP contribution in [-0.4, -0.2) is 32.7 Å². The molecule has 1 aromatic heterocycles. The summed E-state index contributed by atoms with van der Waals surface area (Å²) >= 11 is 0. The zero-order valence-electron chi connectivity index (χ0n) is 11.4. The van der Waals surface area contributed by atoms with Crippen molar-refractivity contribution >= 4 is 21.1 Å². The molecule has 7 heteroatoms. The predicted molar refractivity (Wildman–Crippen MR) is 79.8 cm³/mol. The Morgan fingerprint density at radius 1 is 1.29 bits per heavy atom. The molecule has 6 nitrogen and oxygen atoms in total. The number of pyridine rings is 1. The van der Waals surface area contributed by atoms with Crippen LogP contribution in [0, 0.1) is 5.92 Å². The third-order valence-corrected chi connectivity index (χ3v) is 4.37. The van der Waals surface area contributed by atoms with Gasteiger partial charge in [-0.25, -0.2) is 5.14 Å². The molecular weight excluding hydrogens is 290 g/mol. The number of aromatic nitrogens is 1. The molecule has 1 aliphatic rings. The van der Waals surface area contributed by atoms with Crippen molar-refractivity contribution < 1.29 is 13.2 Å². The average molecular weight is 307 g/mol. The largest absolute Gasteiger partial charge is 0.379 e. The van der Waals surface area contributed by atoms with Crippen LogP contribution in [0.25, 0.3) is 10.9 Å². The zero-order valence-corrected chi connectivity index (χ0v) is 12.2. The van der Waals surface area contributed by atoms with Crippen molar-refractivity contribution in [2.24, 2.45) is 11.1 Å². The number of hydrogen-bond donors (Lipinski definition) is 2. The van der Waals surface area contributed by atoms with Gasteiger partial charge in [-0.15, -0.1) is 0 Å². The Bertz CT molecular complexity index is 743. The number of para-hydroxylation sites is 1. The first-order valence-electron chi connectivity index (χ1n) is 6.73. The Balaban J connectivity index is 1.84. The molecule has 112 valence electrons. The number of benzene rings is 1. The van der Waals surface area contributed by atoms with Crippen molar-refractivity contribution in [1.29, 1.82) is 0 Å². The first-order valence-corrected chi connectivity index (χ1v) is 8.28. The number of nitrogens with one attached hydrogen (secondary N) is 1. The monoisotopic (exact) mass is 307 g/mol. The van der Waals surface area contributed by atoms with Gasteiger partial charge in [0.15, 0.2) is 0 Å². The molecule has 2 atom stereocenters. The van der Waals surface area contributed by atoms with Crippen LogP contribution in [0.15, 0.2) is 36.5 Å². The van der Waals surface area contributed by atoms with Gasteiger partial charge in [-0.2, -0.15) is 13.1 Å². The number of fused-ring (bicyclic) bond motifs is 1. The molecule has 1 aliphatic heterocycles. The highest BCUT2D eigenvalue weighted by Gasteiger charge is 2.31. The summed E-state index contributed by atoms with van der Waals surface area (Å²) in [5.41, 5.74) is 2.07. The summed E-state index contributed by atoms with van der Waals surface area (Å²) in [7, 11) is -3.72. The first kappa shape index (κ1) is 14.4. The molecule has 1 saturated heterocycles. The van der Waals surface area contributed by atoms with Crippen LogP contribution in [-0.2, 0) is 21.4 Å². The van der Waals surface area contributed by atoms with Gasteiger partial charge in [0.2, 0.25) is 0 Å². The fourth-order valence-corrected chi connectivity index (χ4v) is 3.44. The van der Waals surface area contributed by atoms with E-state index in [4.69, 9.17) is 9.88 Å². The number of hydrogen-bond acceptors (Lipinski definition) is 4. The molecule has 2 aromatic rings. The molecule has 0 bridgehead atoms. The smallest absolute Gasteiger partial charge is 0.274 e. The minimum atomic E-state index is -3.72. The molecule has 0 unspecified atom stereocenters. The van der Waals surface area contributed by atoms with Gasteiger partial charge in [0, 0.05) is 17.5 Å². The van der Waals surface area contributed by atoms with Crippen LogP contribution in [0.1, 0.15) is 5.56 Å². The SMILES string of the molecule is NS(=O)(=O)N[C@@H]1COC[C@H]1Cc1ccnc2ccccc12. The van der Waals surface area contributed by atoms with E-state index in [1.807, 2.05) is 30.3 Å². The third kappa shape index (κ3) is 3.38. The molecule has 0 amide bonds. The van der Waals surface area contributed by atoms with Crippen LogP contribution in [0.2, 0.25) is 0 Å². The van der Waals surface area contributed by atoms with Crippen LogP contribution < -0.4 is 9.86 Å². The maximum atomic E-state index is 11.2. The van der Waals surface area contributed by atoms with E-state index < -0.39 is 10.2 Å². The molecule has 0 radical (unpaired) electrons. The quantitative estimate of drug-likeness (QED) is 0.864. The lowest BCUT2D eigenvalue weighted by Crippen LogP contribution is -2.43. The number of ether oxygens (including phenoxy) is 1. The molecular formula is C14H17N3O3S. The normalized spacial score (nSPS) is 22.7. The predicted octanol–water partition coefficient (Wildman–Crippen LogP) is 0.585. The van der Waals surface area contributed by atoms with Gasteiger partial charge >= 0.3 is 0 Å². The van der Waals surface area contributed by atoms with Gasteiger partial charge in [-0.1, -0.05) is 18.2 Å². The fraction of sp³-hybridized carbons (Fsp3) is 0.357. The minimum Gasteiger partial charge on any atom is -0.379 e. The van der Waals surface area contributed by atoms with Gasteiger partial charge in [0.25, 0.3) is 10.2 Å². The average Bonchev–Trinajstić information content (AvgIpc) is 2.84. The summed E-state index contributed by atoms with van der Waals surface area (Å²) in [6, 6.07) is 9.59. The summed E-state index contributed by atoms with van der Waals surface area (Å²) in [6.07, 6.45) is 2.49. The van der Waals surface area contributed by atoms with Crippen LogP contribution in [0.3, 0.4) is 0 Å². The summed E-state index contributed by atoms with van der Waals surface area (Å²) in [5.74, 6) is 0.0640. The molecule has 1 aromatic carbocycles. The topological polar surface area (TPSA) is 94.3 Å². The van der Waals surface area contributed by atoms with Crippen LogP contribution in [0.4, 0.5) is 0 Å². The molecule has 3 rings (SSSR count). The second-order valence-electron chi connectivity index (χ2n) is 5.26. The third-order valence-electron chi connectivity index (χ3n) is 3.74. The van der Waals surface area contributed by atoms with E-state index >= 15 is 0 Å². The van der Waals surface area contributed by atoms with Crippen LogP contribution in [0.5, 0.6) is 0 Å². The summed E-state index contributed by atoms with van der Waals surface area (Å²) in [6.45, 7) is 0.869. The molecule has 0 spiro atoms. The Kier molecular flexibility index (Phi) is 3.90. The summed E-state index contributed by atoms with van der Waals surface area (Å²) in [4.78, 5) is 4.33. The molecule has 2 heterocycles. The van der Waals surface area contributed by atoms with E-state index in [-0.39, 0.29) is 12.0 Å². The van der Waals surface area contributed by atoms with Crippen molar-refractivity contribution in [2.45, 2.75) is 12.5 Å². The van der Waals surface area contributed by atoms with Gasteiger partial charge in [-0.3, -0.25) is 4.98 Å². The highest BCUT2D eigenvalue weighted by molar-refractivity contribution is 7.87. The van der Waals surface area contributed by atoms with E-state index in [1.165, 1.54) is 0 Å². The summed E-state index contributed by atoms with van der Waals surface area (Å²) < 4.78 is 30.2. The number of nitrogens with zero attached hydrogens (tertiary/aromatic N) is 1. The van der Waals surface area contributed by atoms with E-state index in [9.17, 15) is 8.42 Å².